The molecule has 0 aliphatic carbocycles. The van der Waals surface area contributed by atoms with Gasteiger partial charge in [-0.25, -0.2) is 0 Å². The van der Waals surface area contributed by atoms with Crippen LogP contribution in [0.25, 0.3) is 6.08 Å². The summed E-state index contributed by atoms with van der Waals surface area (Å²) in [5, 5.41) is 9.13. The lowest BCUT2D eigenvalue weighted by Gasteiger charge is -2.11. The Bertz CT molecular complexity index is 1030. The topological polar surface area (TPSA) is 79.6 Å². The van der Waals surface area contributed by atoms with E-state index >= 15 is 0 Å². The Hall–Kier alpha value is -3.15. The summed E-state index contributed by atoms with van der Waals surface area (Å²) in [5.41, 5.74) is 2.19. The molecule has 8 heteroatoms. The second kappa shape index (κ2) is 9.37. The number of thiocarbonyl (C=S) groups is 1. The normalized spacial score (nSPS) is 14.8. The van der Waals surface area contributed by atoms with E-state index < -0.39 is 5.97 Å². The Balaban J connectivity index is 1.66. The van der Waals surface area contributed by atoms with Crippen molar-refractivity contribution >= 4 is 46.3 Å². The van der Waals surface area contributed by atoms with Crippen molar-refractivity contribution in [2.45, 2.75) is 6.61 Å². The van der Waals surface area contributed by atoms with E-state index in [-0.39, 0.29) is 19.1 Å². The van der Waals surface area contributed by atoms with Gasteiger partial charge in [-0.3, -0.25) is 14.5 Å². The molecule has 1 aliphatic rings. The fraction of sp³-hybridized carbons (Fsp3) is 0.143. The SMILES string of the molecule is COC(=O)CN1C(=O)/C(=C/c2ccc(OCc3ccccc3C#N)cc2)SC1=S. The van der Waals surface area contributed by atoms with Crippen LogP contribution in [-0.4, -0.2) is 34.8 Å². The molecule has 6 nitrogen and oxygen atoms in total. The molecule has 3 rings (SSSR count). The highest BCUT2D eigenvalue weighted by Crippen LogP contribution is 2.32. The van der Waals surface area contributed by atoms with Crippen molar-refractivity contribution in [3.05, 3.63) is 70.1 Å². The highest BCUT2D eigenvalue weighted by atomic mass is 32.2. The number of carbonyl (C=O) groups excluding carboxylic acids is 2. The van der Waals surface area contributed by atoms with E-state index in [4.69, 9.17) is 22.2 Å². The Labute approximate surface area is 177 Å². The first-order valence-corrected chi connectivity index (χ1v) is 9.77. The number of rotatable bonds is 6. The van der Waals surface area contributed by atoms with E-state index in [2.05, 4.69) is 10.8 Å². The van der Waals surface area contributed by atoms with Gasteiger partial charge in [0.2, 0.25) is 0 Å². The lowest BCUT2D eigenvalue weighted by atomic mass is 10.1. The van der Waals surface area contributed by atoms with E-state index in [0.29, 0.717) is 20.5 Å². The first-order chi connectivity index (χ1) is 14.0. The van der Waals surface area contributed by atoms with Crippen molar-refractivity contribution in [3.63, 3.8) is 0 Å². The van der Waals surface area contributed by atoms with Crippen molar-refractivity contribution in [1.29, 1.82) is 5.26 Å². The van der Waals surface area contributed by atoms with Gasteiger partial charge in [-0.1, -0.05) is 54.3 Å². The van der Waals surface area contributed by atoms with Gasteiger partial charge in [0.25, 0.3) is 5.91 Å². The largest absolute Gasteiger partial charge is 0.489 e. The van der Waals surface area contributed by atoms with Crippen LogP contribution in [0.5, 0.6) is 5.75 Å². The van der Waals surface area contributed by atoms with Crippen LogP contribution in [0.1, 0.15) is 16.7 Å². The third kappa shape index (κ3) is 5.02. The van der Waals surface area contributed by atoms with Gasteiger partial charge < -0.3 is 9.47 Å². The maximum absolute atomic E-state index is 12.4. The summed E-state index contributed by atoms with van der Waals surface area (Å²) < 4.78 is 10.7. The number of ether oxygens (including phenoxy) is 2. The molecule has 0 unspecified atom stereocenters. The number of hydrogen-bond donors (Lipinski definition) is 0. The van der Waals surface area contributed by atoms with Crippen LogP contribution in [0.3, 0.4) is 0 Å². The molecule has 1 heterocycles. The Morgan fingerprint density at radius 1 is 1.24 bits per heavy atom. The third-order valence-electron chi connectivity index (χ3n) is 4.10. The van der Waals surface area contributed by atoms with Crippen molar-refractivity contribution in [3.8, 4) is 11.8 Å². The fourth-order valence-corrected chi connectivity index (χ4v) is 3.81. The van der Waals surface area contributed by atoms with E-state index in [1.807, 2.05) is 30.3 Å². The minimum Gasteiger partial charge on any atom is -0.489 e. The number of methoxy groups -OCH3 is 1. The second-order valence-electron chi connectivity index (χ2n) is 5.97. The van der Waals surface area contributed by atoms with Crippen LogP contribution in [0, 0.1) is 11.3 Å². The number of amides is 1. The van der Waals surface area contributed by atoms with Gasteiger partial charge in [-0.15, -0.1) is 0 Å². The number of esters is 1. The van der Waals surface area contributed by atoms with E-state index in [1.54, 1.807) is 24.3 Å². The van der Waals surface area contributed by atoms with Gasteiger partial charge in [0.15, 0.2) is 0 Å². The van der Waals surface area contributed by atoms with Gasteiger partial charge in [-0.05, 0) is 29.8 Å². The Morgan fingerprint density at radius 3 is 2.66 bits per heavy atom. The minimum absolute atomic E-state index is 0.199. The molecular formula is C21H16N2O4S2. The zero-order valence-corrected chi connectivity index (χ0v) is 17.1. The second-order valence-corrected chi connectivity index (χ2v) is 7.65. The molecule has 0 atom stereocenters. The molecule has 1 fully saturated rings. The Morgan fingerprint density at radius 2 is 1.97 bits per heavy atom. The van der Waals surface area contributed by atoms with Gasteiger partial charge >= 0.3 is 5.97 Å². The summed E-state index contributed by atoms with van der Waals surface area (Å²) >= 11 is 6.32. The lowest BCUT2D eigenvalue weighted by molar-refractivity contribution is -0.143. The summed E-state index contributed by atoms with van der Waals surface area (Å²) in [6.45, 7) is 0.0880. The van der Waals surface area contributed by atoms with Gasteiger partial charge in [0, 0.05) is 5.56 Å². The van der Waals surface area contributed by atoms with Crippen molar-refractivity contribution in [1.82, 2.24) is 4.90 Å². The molecule has 0 N–H and O–H groups in total. The van der Waals surface area contributed by atoms with Crippen LogP contribution in [0.4, 0.5) is 0 Å². The van der Waals surface area contributed by atoms with Crippen molar-refractivity contribution < 1.29 is 19.1 Å². The molecule has 2 aromatic rings. The lowest BCUT2D eigenvalue weighted by Crippen LogP contribution is -2.33. The standard InChI is InChI=1S/C21H16N2O4S2/c1-26-19(24)12-23-20(25)18(29-21(23)28)10-14-6-8-17(9-7-14)27-13-16-5-3-2-4-15(16)11-22/h2-10H,12-13H2,1H3/b18-10-. The molecule has 2 aromatic carbocycles. The molecular weight excluding hydrogens is 408 g/mol. The zero-order chi connectivity index (χ0) is 20.8. The maximum atomic E-state index is 12.4. The number of thioether (sulfide) groups is 1. The van der Waals surface area contributed by atoms with E-state index in [0.717, 1.165) is 22.9 Å². The van der Waals surface area contributed by atoms with Gasteiger partial charge in [-0.2, -0.15) is 5.26 Å². The molecule has 1 saturated heterocycles. The highest BCUT2D eigenvalue weighted by Gasteiger charge is 2.33. The molecule has 146 valence electrons. The molecule has 0 aromatic heterocycles. The molecule has 0 saturated carbocycles. The summed E-state index contributed by atoms with van der Waals surface area (Å²) in [6, 6.07) is 16.6. The first kappa shape index (κ1) is 20.6. The first-order valence-electron chi connectivity index (χ1n) is 8.55. The summed E-state index contributed by atoms with van der Waals surface area (Å²) in [5.74, 6) is -0.200. The number of benzene rings is 2. The summed E-state index contributed by atoms with van der Waals surface area (Å²) in [6.07, 6.45) is 1.71. The average molecular weight is 425 g/mol. The average Bonchev–Trinajstić information content (AvgIpc) is 3.00. The Kier molecular flexibility index (Phi) is 6.65. The molecule has 1 aliphatic heterocycles. The number of carbonyl (C=O) groups is 2. The van der Waals surface area contributed by atoms with Crippen LogP contribution < -0.4 is 4.74 Å². The molecule has 0 bridgehead atoms. The van der Waals surface area contributed by atoms with Crippen molar-refractivity contribution in [2.24, 2.45) is 0 Å². The summed E-state index contributed by atoms with van der Waals surface area (Å²) in [7, 11) is 1.26. The predicted molar refractivity (Wildman–Crippen MR) is 114 cm³/mol. The quantitative estimate of drug-likeness (QED) is 0.399. The van der Waals surface area contributed by atoms with Crippen molar-refractivity contribution in [2.75, 3.05) is 13.7 Å². The highest BCUT2D eigenvalue weighted by molar-refractivity contribution is 8.26. The van der Waals surface area contributed by atoms with Crippen LogP contribution in [-0.2, 0) is 20.9 Å². The monoisotopic (exact) mass is 424 g/mol. The van der Waals surface area contributed by atoms with E-state index in [9.17, 15) is 9.59 Å². The van der Waals surface area contributed by atoms with Crippen LogP contribution >= 0.6 is 24.0 Å². The third-order valence-corrected chi connectivity index (χ3v) is 5.48. The zero-order valence-electron chi connectivity index (χ0n) is 15.5. The number of nitrogens with zero attached hydrogens (tertiary/aromatic N) is 2. The molecule has 1 amide bonds. The molecule has 0 spiro atoms. The maximum Gasteiger partial charge on any atom is 0.325 e. The summed E-state index contributed by atoms with van der Waals surface area (Å²) in [4.78, 5) is 25.5. The molecule has 29 heavy (non-hydrogen) atoms. The molecule has 0 radical (unpaired) electrons. The van der Waals surface area contributed by atoms with Gasteiger partial charge in [0.1, 0.15) is 23.2 Å². The fourth-order valence-electron chi connectivity index (χ4n) is 2.56. The van der Waals surface area contributed by atoms with Gasteiger partial charge in [0.05, 0.1) is 23.6 Å². The van der Waals surface area contributed by atoms with Crippen LogP contribution in [0.2, 0.25) is 0 Å². The van der Waals surface area contributed by atoms with E-state index in [1.165, 1.54) is 12.0 Å². The van der Waals surface area contributed by atoms with Crippen LogP contribution in [0.15, 0.2) is 53.4 Å². The predicted octanol–water partition coefficient (Wildman–Crippen LogP) is 3.51. The minimum atomic E-state index is -0.526. The number of nitriles is 1. The smallest absolute Gasteiger partial charge is 0.325 e. The number of hydrogen-bond acceptors (Lipinski definition) is 7.